The molecule has 4 aliphatic rings. The molecule has 0 bridgehead atoms. The van der Waals surface area contributed by atoms with E-state index in [2.05, 4.69) is 19.9 Å². The molecule has 29 heavy (non-hydrogen) atoms. The molecule has 0 radical (unpaired) electrons. The molecule has 0 saturated heterocycles. The lowest BCUT2D eigenvalue weighted by atomic mass is 9.50. The third-order valence-corrected chi connectivity index (χ3v) is 9.81. The number of alkyl halides is 1. The molecule has 3 heteroatoms. The van der Waals surface area contributed by atoms with Crippen LogP contribution in [0.1, 0.15) is 91.9 Å². The lowest BCUT2D eigenvalue weighted by molar-refractivity contribution is -0.0523. The van der Waals surface area contributed by atoms with Crippen molar-refractivity contribution >= 4 is 0 Å². The molecule has 2 nitrogen and oxygen atoms in total. The van der Waals surface area contributed by atoms with E-state index in [1.165, 1.54) is 31.3 Å². The van der Waals surface area contributed by atoms with Gasteiger partial charge in [-0.05, 0) is 119 Å². The minimum absolute atomic E-state index is 0.444. The molecule has 0 heterocycles. The van der Waals surface area contributed by atoms with Crippen molar-refractivity contribution in [2.45, 2.75) is 103 Å². The van der Waals surface area contributed by atoms with E-state index in [0.717, 1.165) is 49.4 Å². The maximum atomic E-state index is 13.3. The van der Waals surface area contributed by atoms with Crippen molar-refractivity contribution in [2.24, 2.45) is 40.9 Å². The molecule has 2 N–H and O–H groups in total. The number of hydrogen-bond acceptors (Lipinski definition) is 2. The maximum Gasteiger partial charge on any atom is 0.118 e. The third kappa shape index (κ3) is 3.95. The van der Waals surface area contributed by atoms with Crippen molar-refractivity contribution in [1.82, 2.24) is 0 Å². The Bertz CT molecular complexity index is 637. The summed E-state index contributed by atoms with van der Waals surface area (Å²) in [4.78, 5) is 0. The first-order valence-electron chi connectivity index (χ1n) is 12.3. The summed E-state index contributed by atoms with van der Waals surface area (Å²) in [6.07, 6.45) is 13.1. The van der Waals surface area contributed by atoms with Gasteiger partial charge in [0.1, 0.15) is 6.67 Å². The van der Waals surface area contributed by atoms with Gasteiger partial charge in [-0.2, -0.15) is 0 Å². The van der Waals surface area contributed by atoms with Crippen LogP contribution in [0.25, 0.3) is 0 Å². The van der Waals surface area contributed by atoms with Crippen molar-refractivity contribution in [3.8, 4) is 0 Å². The molecule has 8 unspecified atom stereocenters. The molecule has 0 spiro atoms. The number of hydrogen-bond donors (Lipinski definition) is 2. The van der Waals surface area contributed by atoms with Gasteiger partial charge >= 0.3 is 0 Å². The first-order chi connectivity index (χ1) is 13.6. The fraction of sp³-hybridized carbons (Fsp3) is 0.923. The van der Waals surface area contributed by atoms with Crippen LogP contribution in [0.4, 0.5) is 4.39 Å². The number of allylic oxidation sites excluding steroid dienone is 1. The highest BCUT2D eigenvalue weighted by atomic mass is 19.1. The highest BCUT2D eigenvalue weighted by Crippen LogP contribution is 2.65. The third-order valence-electron chi connectivity index (χ3n) is 9.81. The van der Waals surface area contributed by atoms with Crippen LogP contribution < -0.4 is 0 Å². The second kappa shape index (κ2) is 7.62. The summed E-state index contributed by atoms with van der Waals surface area (Å²) in [5, 5.41) is 20.7. The number of rotatable bonds is 5. The smallest absolute Gasteiger partial charge is 0.118 e. The van der Waals surface area contributed by atoms with Crippen molar-refractivity contribution < 1.29 is 14.6 Å². The fourth-order valence-corrected chi connectivity index (χ4v) is 8.24. The Morgan fingerprint density at radius 2 is 1.93 bits per heavy atom. The molecule has 8 atom stereocenters. The van der Waals surface area contributed by atoms with Gasteiger partial charge in [0, 0.05) is 0 Å². The minimum atomic E-state index is -1.09. The second-order valence-electron chi connectivity index (χ2n) is 12.2. The molecule has 3 fully saturated rings. The highest BCUT2D eigenvalue weighted by molar-refractivity contribution is 5.22. The zero-order chi connectivity index (χ0) is 21.0. The van der Waals surface area contributed by atoms with E-state index in [9.17, 15) is 14.6 Å². The largest absolute Gasteiger partial charge is 0.390 e. The molecule has 0 aliphatic heterocycles. The minimum Gasteiger partial charge on any atom is -0.390 e. The Hall–Kier alpha value is -0.410. The van der Waals surface area contributed by atoms with Gasteiger partial charge in [-0.3, -0.25) is 0 Å². The van der Waals surface area contributed by atoms with Crippen LogP contribution in [0.5, 0.6) is 0 Å². The Kier molecular flexibility index (Phi) is 5.73. The van der Waals surface area contributed by atoms with Crippen molar-refractivity contribution in [3.63, 3.8) is 0 Å². The van der Waals surface area contributed by atoms with Crippen LogP contribution in [-0.2, 0) is 0 Å². The summed E-state index contributed by atoms with van der Waals surface area (Å²) in [6, 6.07) is 0. The van der Waals surface area contributed by atoms with Crippen molar-refractivity contribution in [2.75, 3.05) is 6.67 Å². The van der Waals surface area contributed by atoms with Gasteiger partial charge in [0.05, 0.1) is 11.2 Å². The summed E-state index contributed by atoms with van der Waals surface area (Å²) < 4.78 is 13.3. The number of fused-ring (bicyclic) bond motifs is 5. The SMILES string of the molecule is CC(CCC(C)(C)O)C1CCC2C3CC=C4CC(O)(CF)CCC4C3CCC12C. The standard InChI is InChI=1S/C26H43FO2/c1-17(9-12-24(2,3)28)22-7-8-23-21-6-5-18-15-26(29,16-27)14-11-19(18)20(21)10-13-25(22,23)4/h5,17,19-23,28-29H,6-16H2,1-4H3. The lowest BCUT2D eigenvalue weighted by Gasteiger charge is -2.55. The average Bonchev–Trinajstić information content (AvgIpc) is 3.02. The van der Waals surface area contributed by atoms with Crippen LogP contribution in [0.2, 0.25) is 0 Å². The number of halogens is 1. The van der Waals surface area contributed by atoms with Gasteiger partial charge in [-0.1, -0.05) is 25.5 Å². The van der Waals surface area contributed by atoms with Crippen molar-refractivity contribution in [1.29, 1.82) is 0 Å². The van der Waals surface area contributed by atoms with E-state index in [0.29, 0.717) is 30.1 Å². The summed E-state index contributed by atoms with van der Waals surface area (Å²) in [5.41, 5.74) is 0.166. The molecular weight excluding hydrogens is 363 g/mol. The van der Waals surface area contributed by atoms with Gasteiger partial charge in [0.25, 0.3) is 0 Å². The van der Waals surface area contributed by atoms with Crippen LogP contribution in [0, 0.1) is 40.9 Å². The predicted octanol–water partition coefficient (Wildman–Crippen LogP) is 6.06. The van der Waals surface area contributed by atoms with E-state index in [1.54, 1.807) is 0 Å². The van der Waals surface area contributed by atoms with Crippen LogP contribution in [-0.4, -0.2) is 28.1 Å². The topological polar surface area (TPSA) is 40.5 Å². The highest BCUT2D eigenvalue weighted by Gasteiger charge is 2.57. The fourth-order valence-electron chi connectivity index (χ4n) is 8.24. The first-order valence-corrected chi connectivity index (χ1v) is 12.3. The van der Waals surface area contributed by atoms with Gasteiger partial charge in [0.2, 0.25) is 0 Å². The number of aliphatic hydroxyl groups is 2. The summed E-state index contributed by atoms with van der Waals surface area (Å²) in [6.45, 7) is 8.27. The van der Waals surface area contributed by atoms with E-state index in [-0.39, 0.29) is 0 Å². The second-order valence-corrected chi connectivity index (χ2v) is 12.2. The molecule has 166 valence electrons. The van der Waals surface area contributed by atoms with E-state index < -0.39 is 17.9 Å². The Morgan fingerprint density at radius 3 is 2.62 bits per heavy atom. The molecular formula is C26H43FO2. The molecule has 0 amide bonds. The lowest BCUT2D eigenvalue weighted by Crippen LogP contribution is -2.48. The molecule has 4 rings (SSSR count). The van der Waals surface area contributed by atoms with Crippen LogP contribution in [0.15, 0.2) is 11.6 Å². The molecule has 4 aliphatic carbocycles. The predicted molar refractivity (Wildman–Crippen MR) is 116 cm³/mol. The summed E-state index contributed by atoms with van der Waals surface area (Å²) in [5.74, 6) is 4.40. The van der Waals surface area contributed by atoms with Gasteiger partial charge in [-0.25, -0.2) is 4.39 Å². The van der Waals surface area contributed by atoms with E-state index >= 15 is 0 Å². The zero-order valence-corrected chi connectivity index (χ0v) is 19.1. The monoisotopic (exact) mass is 406 g/mol. The molecule has 0 aromatic carbocycles. The molecule has 0 aromatic rings. The Morgan fingerprint density at radius 1 is 1.17 bits per heavy atom. The van der Waals surface area contributed by atoms with E-state index in [4.69, 9.17) is 0 Å². The Balaban J connectivity index is 1.48. The summed E-state index contributed by atoms with van der Waals surface area (Å²) in [7, 11) is 0. The average molecular weight is 407 g/mol. The van der Waals surface area contributed by atoms with E-state index in [1.807, 2.05) is 13.8 Å². The zero-order valence-electron chi connectivity index (χ0n) is 19.1. The van der Waals surface area contributed by atoms with Gasteiger partial charge < -0.3 is 10.2 Å². The normalized spacial score (nSPS) is 45.8. The van der Waals surface area contributed by atoms with Crippen LogP contribution in [0.3, 0.4) is 0 Å². The Labute approximate surface area is 177 Å². The quantitative estimate of drug-likeness (QED) is 0.545. The summed E-state index contributed by atoms with van der Waals surface area (Å²) >= 11 is 0. The molecule has 3 saturated carbocycles. The first kappa shape index (κ1) is 21.8. The molecule has 0 aromatic heterocycles. The van der Waals surface area contributed by atoms with Gasteiger partial charge in [-0.15, -0.1) is 0 Å². The van der Waals surface area contributed by atoms with Crippen molar-refractivity contribution in [3.05, 3.63) is 11.6 Å². The van der Waals surface area contributed by atoms with Gasteiger partial charge in [0.15, 0.2) is 0 Å². The van der Waals surface area contributed by atoms with Crippen LogP contribution >= 0.6 is 0 Å². The maximum absolute atomic E-state index is 13.3.